The molecule has 0 amide bonds. The molecule has 0 saturated carbocycles. The predicted octanol–water partition coefficient (Wildman–Crippen LogP) is 5.49. The zero-order valence-corrected chi connectivity index (χ0v) is 15.2. The number of imidazole rings is 1. The summed E-state index contributed by atoms with van der Waals surface area (Å²) in [4.78, 5) is 4.67. The van der Waals surface area contributed by atoms with Crippen LogP contribution in [0.1, 0.15) is 26.3 Å². The molecule has 26 heavy (non-hydrogen) atoms. The Hall–Kier alpha value is -3.14. The molecule has 2 aromatic heterocycles. The van der Waals surface area contributed by atoms with Gasteiger partial charge in [-0.05, 0) is 29.2 Å². The molecule has 2 heterocycles. The van der Waals surface area contributed by atoms with Gasteiger partial charge in [-0.25, -0.2) is 9.50 Å². The molecule has 4 nitrogen and oxygen atoms in total. The lowest BCUT2D eigenvalue weighted by Gasteiger charge is -2.18. The van der Waals surface area contributed by atoms with Gasteiger partial charge in [0.15, 0.2) is 5.65 Å². The maximum absolute atomic E-state index is 5.79. The summed E-state index contributed by atoms with van der Waals surface area (Å²) < 4.78 is 7.55. The zero-order valence-electron chi connectivity index (χ0n) is 15.2. The van der Waals surface area contributed by atoms with Crippen molar-refractivity contribution in [2.45, 2.75) is 26.2 Å². The quantitative estimate of drug-likeness (QED) is 0.494. The number of fused-ring (bicyclic) bond motifs is 1. The van der Waals surface area contributed by atoms with Crippen LogP contribution in [0.25, 0.3) is 16.9 Å². The number of para-hydroxylation sites is 1. The molecule has 0 unspecified atom stereocenters. The maximum atomic E-state index is 5.79. The summed E-state index contributed by atoms with van der Waals surface area (Å²) in [6.45, 7) is 6.64. The van der Waals surface area contributed by atoms with Crippen LogP contribution in [0.2, 0.25) is 0 Å². The van der Waals surface area contributed by atoms with Gasteiger partial charge in [-0.1, -0.05) is 63.2 Å². The van der Waals surface area contributed by atoms with Crippen molar-refractivity contribution < 1.29 is 4.74 Å². The van der Waals surface area contributed by atoms with E-state index in [2.05, 4.69) is 55.1 Å². The fourth-order valence-corrected chi connectivity index (χ4v) is 2.81. The van der Waals surface area contributed by atoms with Crippen LogP contribution in [0.3, 0.4) is 0 Å². The van der Waals surface area contributed by atoms with Crippen LogP contribution >= 0.6 is 0 Å². The van der Waals surface area contributed by atoms with Crippen LogP contribution in [-0.2, 0) is 5.41 Å². The van der Waals surface area contributed by atoms with Crippen molar-refractivity contribution in [1.82, 2.24) is 14.6 Å². The molecule has 0 aliphatic heterocycles. The Bertz CT molecular complexity index is 1030. The Morgan fingerprint density at radius 2 is 1.58 bits per heavy atom. The number of hydrogen-bond donors (Lipinski definition) is 0. The van der Waals surface area contributed by atoms with Gasteiger partial charge < -0.3 is 4.74 Å². The van der Waals surface area contributed by atoms with Gasteiger partial charge in [-0.3, -0.25) is 0 Å². The van der Waals surface area contributed by atoms with Gasteiger partial charge in [0.05, 0.1) is 11.9 Å². The molecule has 130 valence electrons. The van der Waals surface area contributed by atoms with Crippen molar-refractivity contribution in [3.05, 3.63) is 78.5 Å². The normalized spacial score (nSPS) is 11.7. The lowest BCUT2D eigenvalue weighted by Crippen LogP contribution is -2.10. The van der Waals surface area contributed by atoms with E-state index in [9.17, 15) is 0 Å². The first-order valence-corrected chi connectivity index (χ1v) is 8.69. The summed E-state index contributed by atoms with van der Waals surface area (Å²) in [5, 5.41) is 4.51. The van der Waals surface area contributed by atoms with Crippen molar-refractivity contribution in [1.29, 1.82) is 0 Å². The minimum atomic E-state index is 0.142. The molecule has 4 heteroatoms. The van der Waals surface area contributed by atoms with Crippen LogP contribution in [0, 0.1) is 0 Å². The number of aromatic nitrogens is 3. The van der Waals surface area contributed by atoms with Gasteiger partial charge in [0.2, 0.25) is 5.88 Å². The summed E-state index contributed by atoms with van der Waals surface area (Å²) in [6.07, 6.45) is 1.93. The Balaban J connectivity index is 1.63. The molecule has 0 aliphatic rings. The van der Waals surface area contributed by atoms with E-state index in [1.807, 2.05) is 48.7 Å². The van der Waals surface area contributed by atoms with Gasteiger partial charge in [-0.2, -0.15) is 0 Å². The van der Waals surface area contributed by atoms with Crippen molar-refractivity contribution in [3.8, 4) is 22.9 Å². The number of ether oxygens (including phenoxy) is 1. The average Bonchev–Trinajstić information content (AvgIpc) is 3.05. The molecule has 4 aromatic rings. The minimum Gasteiger partial charge on any atom is -0.438 e. The number of rotatable bonds is 3. The van der Waals surface area contributed by atoms with Crippen LogP contribution in [0.4, 0.5) is 0 Å². The third-order valence-corrected chi connectivity index (χ3v) is 4.31. The second-order valence-electron chi connectivity index (χ2n) is 7.34. The Labute approximate surface area is 153 Å². The third kappa shape index (κ3) is 3.31. The van der Waals surface area contributed by atoms with Crippen LogP contribution < -0.4 is 4.74 Å². The van der Waals surface area contributed by atoms with Crippen LogP contribution in [-0.4, -0.2) is 14.6 Å². The fourth-order valence-electron chi connectivity index (χ4n) is 2.81. The molecular weight excluding hydrogens is 322 g/mol. The van der Waals surface area contributed by atoms with Gasteiger partial charge in [-0.15, -0.1) is 5.10 Å². The van der Waals surface area contributed by atoms with Crippen molar-refractivity contribution in [2.24, 2.45) is 0 Å². The van der Waals surface area contributed by atoms with Gasteiger partial charge in [0, 0.05) is 11.6 Å². The van der Waals surface area contributed by atoms with Crippen molar-refractivity contribution in [3.63, 3.8) is 0 Å². The van der Waals surface area contributed by atoms with E-state index >= 15 is 0 Å². The molecule has 0 atom stereocenters. The molecular formula is C22H21N3O. The molecule has 0 radical (unpaired) electrons. The highest BCUT2D eigenvalue weighted by atomic mass is 16.5. The maximum Gasteiger partial charge on any atom is 0.237 e. The molecule has 2 aromatic carbocycles. The number of hydrogen-bond acceptors (Lipinski definition) is 3. The molecule has 0 N–H and O–H groups in total. The summed E-state index contributed by atoms with van der Waals surface area (Å²) in [6, 6.07) is 21.9. The Kier molecular flexibility index (Phi) is 3.96. The van der Waals surface area contributed by atoms with Crippen molar-refractivity contribution >= 4 is 5.65 Å². The molecule has 0 aliphatic carbocycles. The second kappa shape index (κ2) is 6.30. The molecule has 0 saturated heterocycles. The molecule has 0 spiro atoms. The van der Waals surface area contributed by atoms with Crippen LogP contribution in [0.15, 0.2) is 72.9 Å². The standard InChI is InChI=1S/C22H21N3O/c1-22(2,3)17-11-9-16(10-12-17)19-15-25-20(23-19)13-14-21(24-25)26-18-7-5-4-6-8-18/h4-15H,1-3H3. The highest BCUT2D eigenvalue weighted by Gasteiger charge is 2.14. The Morgan fingerprint density at radius 1 is 0.846 bits per heavy atom. The Morgan fingerprint density at radius 3 is 2.27 bits per heavy atom. The average molecular weight is 343 g/mol. The van der Waals surface area contributed by atoms with E-state index in [1.54, 1.807) is 4.52 Å². The lowest BCUT2D eigenvalue weighted by atomic mass is 9.86. The van der Waals surface area contributed by atoms with Gasteiger partial charge in [0.1, 0.15) is 5.75 Å². The first-order valence-electron chi connectivity index (χ1n) is 8.69. The SMILES string of the molecule is CC(C)(C)c1ccc(-c2cn3nc(Oc4ccccc4)ccc3n2)cc1. The first kappa shape index (κ1) is 16.3. The van der Waals surface area contributed by atoms with Crippen LogP contribution in [0.5, 0.6) is 11.6 Å². The zero-order chi connectivity index (χ0) is 18.1. The van der Waals surface area contributed by atoms with Crippen molar-refractivity contribution in [2.75, 3.05) is 0 Å². The van der Waals surface area contributed by atoms with E-state index < -0.39 is 0 Å². The summed E-state index contributed by atoms with van der Waals surface area (Å²) in [5.74, 6) is 1.30. The largest absolute Gasteiger partial charge is 0.438 e. The predicted molar refractivity (Wildman–Crippen MR) is 104 cm³/mol. The summed E-state index contributed by atoms with van der Waals surface area (Å²) in [5.41, 5.74) is 4.22. The first-order chi connectivity index (χ1) is 12.5. The lowest BCUT2D eigenvalue weighted by molar-refractivity contribution is 0.452. The minimum absolute atomic E-state index is 0.142. The number of benzene rings is 2. The topological polar surface area (TPSA) is 39.4 Å². The van der Waals surface area contributed by atoms with E-state index in [1.165, 1.54) is 5.56 Å². The highest BCUT2D eigenvalue weighted by molar-refractivity contribution is 5.63. The molecule has 0 fully saturated rings. The summed E-state index contributed by atoms with van der Waals surface area (Å²) >= 11 is 0. The number of nitrogens with zero attached hydrogens (tertiary/aromatic N) is 3. The third-order valence-electron chi connectivity index (χ3n) is 4.31. The highest BCUT2D eigenvalue weighted by Crippen LogP contribution is 2.26. The monoisotopic (exact) mass is 343 g/mol. The van der Waals surface area contributed by atoms with E-state index in [0.29, 0.717) is 5.88 Å². The van der Waals surface area contributed by atoms with E-state index in [4.69, 9.17) is 4.74 Å². The molecule has 0 bridgehead atoms. The van der Waals surface area contributed by atoms with Gasteiger partial charge >= 0.3 is 0 Å². The molecule has 4 rings (SSSR count). The smallest absolute Gasteiger partial charge is 0.237 e. The summed E-state index contributed by atoms with van der Waals surface area (Å²) in [7, 11) is 0. The fraction of sp³-hybridized carbons (Fsp3) is 0.182. The van der Waals surface area contributed by atoms with E-state index in [0.717, 1.165) is 22.7 Å². The second-order valence-corrected chi connectivity index (χ2v) is 7.34. The van der Waals surface area contributed by atoms with Gasteiger partial charge in [0.25, 0.3) is 0 Å². The van der Waals surface area contributed by atoms with E-state index in [-0.39, 0.29) is 5.41 Å².